The van der Waals surface area contributed by atoms with Crippen LogP contribution in [0.4, 0.5) is 5.69 Å². The van der Waals surface area contributed by atoms with Crippen molar-refractivity contribution in [3.63, 3.8) is 0 Å². The highest BCUT2D eigenvalue weighted by atomic mass is 16.5. The highest BCUT2D eigenvalue weighted by molar-refractivity contribution is 5.48. The average Bonchev–Trinajstić information content (AvgIpc) is 2.51. The zero-order valence-corrected chi connectivity index (χ0v) is 12.5. The number of nitrogens with zero attached hydrogens (tertiary/aromatic N) is 1. The first-order valence-electron chi connectivity index (χ1n) is 7.13. The standard InChI is InChI=1S/C18H20N2O/c1-14(2)13-21-18-8-4-7-17(10-18)20-12-16-6-3-5-15(9-16)11-19/h3-10,14,20H,12-13H2,1-2H3. The van der Waals surface area contributed by atoms with Gasteiger partial charge in [0.1, 0.15) is 5.75 Å². The summed E-state index contributed by atoms with van der Waals surface area (Å²) >= 11 is 0. The number of nitriles is 1. The molecule has 0 bridgehead atoms. The predicted molar refractivity (Wildman–Crippen MR) is 85.3 cm³/mol. The summed E-state index contributed by atoms with van der Waals surface area (Å²) in [5.74, 6) is 1.38. The normalized spacial score (nSPS) is 10.2. The second kappa shape index (κ2) is 7.35. The number of benzene rings is 2. The summed E-state index contributed by atoms with van der Waals surface area (Å²) in [7, 11) is 0. The van der Waals surface area contributed by atoms with E-state index in [1.165, 1.54) is 0 Å². The lowest BCUT2D eigenvalue weighted by Crippen LogP contribution is -2.05. The minimum atomic E-state index is 0.510. The third-order valence-corrected chi connectivity index (χ3v) is 2.97. The van der Waals surface area contributed by atoms with Gasteiger partial charge in [-0.2, -0.15) is 5.26 Å². The first-order valence-corrected chi connectivity index (χ1v) is 7.13. The van der Waals surface area contributed by atoms with Gasteiger partial charge in [-0.25, -0.2) is 0 Å². The molecule has 1 N–H and O–H groups in total. The van der Waals surface area contributed by atoms with Gasteiger partial charge >= 0.3 is 0 Å². The van der Waals surface area contributed by atoms with E-state index in [0.717, 1.165) is 17.0 Å². The van der Waals surface area contributed by atoms with Gasteiger partial charge in [0.2, 0.25) is 0 Å². The summed E-state index contributed by atoms with van der Waals surface area (Å²) in [6, 6.07) is 17.7. The highest BCUT2D eigenvalue weighted by Gasteiger charge is 2.00. The molecule has 0 radical (unpaired) electrons. The fraction of sp³-hybridized carbons (Fsp3) is 0.278. The Kier molecular flexibility index (Phi) is 5.22. The summed E-state index contributed by atoms with van der Waals surface area (Å²) in [5.41, 5.74) is 2.78. The van der Waals surface area contributed by atoms with Crippen LogP contribution in [0.15, 0.2) is 48.5 Å². The second-order valence-corrected chi connectivity index (χ2v) is 5.40. The first-order chi connectivity index (χ1) is 10.2. The van der Waals surface area contributed by atoms with Gasteiger partial charge in [0.15, 0.2) is 0 Å². The lowest BCUT2D eigenvalue weighted by Gasteiger charge is -2.11. The van der Waals surface area contributed by atoms with Crippen LogP contribution in [-0.4, -0.2) is 6.61 Å². The van der Waals surface area contributed by atoms with Crippen molar-refractivity contribution in [3.8, 4) is 11.8 Å². The molecule has 0 aliphatic rings. The smallest absolute Gasteiger partial charge is 0.121 e. The Morgan fingerprint density at radius 1 is 1.14 bits per heavy atom. The fourth-order valence-electron chi connectivity index (χ4n) is 1.91. The number of hydrogen-bond acceptors (Lipinski definition) is 3. The van der Waals surface area contributed by atoms with Crippen LogP contribution in [-0.2, 0) is 6.54 Å². The SMILES string of the molecule is CC(C)COc1cccc(NCc2cccc(C#N)c2)c1. The van der Waals surface area contributed by atoms with Gasteiger partial charge in [0.05, 0.1) is 18.2 Å². The van der Waals surface area contributed by atoms with Crippen LogP contribution in [0.5, 0.6) is 5.75 Å². The van der Waals surface area contributed by atoms with E-state index >= 15 is 0 Å². The van der Waals surface area contributed by atoms with Gasteiger partial charge in [-0.1, -0.05) is 32.0 Å². The summed E-state index contributed by atoms with van der Waals surface area (Å²) < 4.78 is 5.71. The Balaban J connectivity index is 1.96. The number of nitrogens with one attached hydrogen (secondary N) is 1. The monoisotopic (exact) mass is 280 g/mol. The molecule has 0 atom stereocenters. The van der Waals surface area contributed by atoms with E-state index in [9.17, 15) is 0 Å². The maximum absolute atomic E-state index is 8.90. The van der Waals surface area contributed by atoms with Crippen molar-refractivity contribution in [3.05, 3.63) is 59.7 Å². The third kappa shape index (κ3) is 4.85. The Hall–Kier alpha value is -2.47. The van der Waals surface area contributed by atoms with E-state index in [1.54, 1.807) is 0 Å². The van der Waals surface area contributed by atoms with Crippen LogP contribution in [0.2, 0.25) is 0 Å². The summed E-state index contributed by atoms with van der Waals surface area (Å²) in [5, 5.41) is 12.3. The molecule has 0 fully saturated rings. The van der Waals surface area contributed by atoms with Gasteiger partial charge < -0.3 is 10.1 Å². The van der Waals surface area contributed by atoms with Gasteiger partial charge in [-0.05, 0) is 35.7 Å². The van der Waals surface area contributed by atoms with Crippen LogP contribution in [0.3, 0.4) is 0 Å². The van der Waals surface area contributed by atoms with Gasteiger partial charge in [-0.15, -0.1) is 0 Å². The summed E-state index contributed by atoms with van der Waals surface area (Å²) in [4.78, 5) is 0. The molecule has 3 heteroatoms. The van der Waals surface area contributed by atoms with Gasteiger partial charge in [0, 0.05) is 18.3 Å². The molecule has 2 aromatic rings. The molecule has 0 heterocycles. The molecule has 2 aromatic carbocycles. The molecule has 0 spiro atoms. The number of rotatable bonds is 6. The summed E-state index contributed by atoms with van der Waals surface area (Å²) in [6.07, 6.45) is 0. The van der Waals surface area contributed by atoms with Crippen molar-refractivity contribution in [1.82, 2.24) is 0 Å². The lowest BCUT2D eigenvalue weighted by atomic mass is 10.1. The molecule has 0 aromatic heterocycles. The topological polar surface area (TPSA) is 45.0 Å². The molecule has 0 saturated carbocycles. The van der Waals surface area contributed by atoms with E-state index in [1.807, 2.05) is 48.5 Å². The zero-order chi connectivity index (χ0) is 15.1. The molecule has 0 unspecified atom stereocenters. The Morgan fingerprint density at radius 3 is 2.71 bits per heavy atom. The van der Waals surface area contributed by atoms with Crippen LogP contribution in [0.1, 0.15) is 25.0 Å². The minimum absolute atomic E-state index is 0.510. The minimum Gasteiger partial charge on any atom is -0.493 e. The quantitative estimate of drug-likeness (QED) is 0.862. The molecule has 0 amide bonds. The molecule has 3 nitrogen and oxygen atoms in total. The van der Waals surface area contributed by atoms with Gasteiger partial charge in [-0.3, -0.25) is 0 Å². The Labute approximate surface area is 126 Å². The molecule has 2 rings (SSSR count). The molecular formula is C18H20N2O. The Morgan fingerprint density at radius 2 is 1.95 bits per heavy atom. The van der Waals surface area contributed by atoms with Crippen molar-refractivity contribution >= 4 is 5.69 Å². The van der Waals surface area contributed by atoms with E-state index in [4.69, 9.17) is 10.00 Å². The number of hydrogen-bond donors (Lipinski definition) is 1. The van der Waals surface area contributed by atoms with E-state index in [2.05, 4.69) is 25.2 Å². The summed E-state index contributed by atoms with van der Waals surface area (Å²) in [6.45, 7) is 5.66. The highest BCUT2D eigenvalue weighted by Crippen LogP contribution is 2.19. The van der Waals surface area contributed by atoms with E-state index in [-0.39, 0.29) is 0 Å². The third-order valence-electron chi connectivity index (χ3n) is 2.97. The predicted octanol–water partition coefficient (Wildman–Crippen LogP) is 4.21. The molecule has 0 saturated heterocycles. The van der Waals surface area contributed by atoms with Crippen molar-refractivity contribution in [2.75, 3.05) is 11.9 Å². The maximum atomic E-state index is 8.90. The average molecular weight is 280 g/mol. The molecule has 0 aliphatic heterocycles. The van der Waals surface area contributed by atoms with Crippen LogP contribution < -0.4 is 10.1 Å². The van der Waals surface area contributed by atoms with E-state index in [0.29, 0.717) is 24.6 Å². The second-order valence-electron chi connectivity index (χ2n) is 5.40. The van der Waals surface area contributed by atoms with Crippen LogP contribution in [0.25, 0.3) is 0 Å². The van der Waals surface area contributed by atoms with Crippen molar-refractivity contribution in [1.29, 1.82) is 5.26 Å². The van der Waals surface area contributed by atoms with Crippen molar-refractivity contribution in [2.45, 2.75) is 20.4 Å². The number of anilines is 1. The van der Waals surface area contributed by atoms with Crippen molar-refractivity contribution < 1.29 is 4.74 Å². The van der Waals surface area contributed by atoms with Crippen LogP contribution in [0, 0.1) is 17.2 Å². The molecule has 108 valence electrons. The largest absolute Gasteiger partial charge is 0.493 e. The van der Waals surface area contributed by atoms with E-state index < -0.39 is 0 Å². The molecule has 21 heavy (non-hydrogen) atoms. The molecule has 0 aliphatic carbocycles. The number of ether oxygens (including phenoxy) is 1. The van der Waals surface area contributed by atoms with Crippen molar-refractivity contribution in [2.24, 2.45) is 5.92 Å². The van der Waals surface area contributed by atoms with Crippen LogP contribution >= 0.6 is 0 Å². The fourth-order valence-corrected chi connectivity index (χ4v) is 1.91. The maximum Gasteiger partial charge on any atom is 0.121 e. The zero-order valence-electron chi connectivity index (χ0n) is 12.5. The Bertz CT molecular complexity index is 629. The lowest BCUT2D eigenvalue weighted by molar-refractivity contribution is 0.271. The first kappa shape index (κ1) is 14.9. The van der Waals surface area contributed by atoms with Gasteiger partial charge in [0.25, 0.3) is 0 Å². The molecular weight excluding hydrogens is 260 g/mol.